The number of nitrogens with one attached hydrogen (secondary N) is 2. The third kappa shape index (κ3) is 4.67. The van der Waals surface area contributed by atoms with Crippen LogP contribution >= 0.6 is 12.2 Å². The second-order valence-corrected chi connectivity index (χ2v) is 6.50. The first-order valence-corrected chi connectivity index (χ1v) is 7.55. The molecule has 2 N–H and O–H groups in total. The highest BCUT2D eigenvalue weighted by atomic mass is 32.1. The Bertz CT molecular complexity index is 724. The molecule has 0 aromatic heterocycles. The fourth-order valence-corrected chi connectivity index (χ4v) is 2.49. The van der Waals surface area contributed by atoms with Gasteiger partial charge in [-0.25, -0.2) is 0 Å². The van der Waals surface area contributed by atoms with E-state index in [0.717, 1.165) is 16.3 Å². The first kappa shape index (κ1) is 16.2. The van der Waals surface area contributed by atoms with E-state index in [9.17, 15) is 4.79 Å². The molecule has 0 aliphatic rings. The summed E-state index contributed by atoms with van der Waals surface area (Å²) in [5.74, 6) is -0.241. The normalized spacial score (nSPS) is 11.6. The molecule has 0 heterocycles. The molecular weight excluding hydrogens is 292 g/mol. The van der Waals surface area contributed by atoms with Crippen molar-refractivity contribution < 1.29 is 4.79 Å². The molecule has 3 nitrogen and oxygen atoms in total. The monoisotopic (exact) mass is 312 g/mol. The average molecular weight is 312 g/mol. The van der Waals surface area contributed by atoms with Crippen LogP contribution in [0.4, 0.5) is 0 Å². The third-order valence-corrected chi connectivity index (χ3v) is 3.17. The third-order valence-electron chi connectivity index (χ3n) is 2.96. The van der Waals surface area contributed by atoms with E-state index in [-0.39, 0.29) is 11.4 Å². The quantitative estimate of drug-likeness (QED) is 0.657. The highest BCUT2D eigenvalue weighted by Gasteiger charge is 2.11. The SMILES string of the molecule is CC(C)(C)NC(=S)NC(=O)/C=C/c1cccc2ccccc12. The number of carbonyl (C=O) groups excluding carboxylic acids is 1. The molecule has 0 saturated heterocycles. The minimum Gasteiger partial charge on any atom is -0.358 e. The van der Waals surface area contributed by atoms with Gasteiger partial charge in [-0.05, 0) is 55.4 Å². The molecule has 1 amide bonds. The van der Waals surface area contributed by atoms with Crippen molar-refractivity contribution >= 4 is 40.1 Å². The van der Waals surface area contributed by atoms with Crippen LogP contribution < -0.4 is 10.6 Å². The first-order valence-electron chi connectivity index (χ1n) is 7.14. The molecule has 4 heteroatoms. The summed E-state index contributed by atoms with van der Waals surface area (Å²) in [6.45, 7) is 5.95. The Morgan fingerprint density at radius 3 is 2.50 bits per heavy atom. The highest BCUT2D eigenvalue weighted by molar-refractivity contribution is 7.80. The second kappa shape index (κ2) is 6.71. The molecule has 114 valence electrons. The minimum atomic E-state index is -0.241. The number of benzene rings is 2. The fraction of sp³-hybridized carbons (Fsp3) is 0.222. The van der Waals surface area contributed by atoms with Crippen molar-refractivity contribution in [2.75, 3.05) is 0 Å². The summed E-state index contributed by atoms with van der Waals surface area (Å²) < 4.78 is 0. The van der Waals surface area contributed by atoms with Gasteiger partial charge in [-0.15, -0.1) is 0 Å². The molecular formula is C18H20N2OS. The smallest absolute Gasteiger partial charge is 0.250 e. The van der Waals surface area contributed by atoms with Gasteiger partial charge in [0.25, 0.3) is 0 Å². The van der Waals surface area contributed by atoms with Crippen LogP contribution in [0.1, 0.15) is 26.3 Å². The van der Waals surface area contributed by atoms with E-state index >= 15 is 0 Å². The number of fused-ring (bicyclic) bond motifs is 1. The van der Waals surface area contributed by atoms with Crippen molar-refractivity contribution in [3.8, 4) is 0 Å². The van der Waals surface area contributed by atoms with Gasteiger partial charge < -0.3 is 5.32 Å². The summed E-state index contributed by atoms with van der Waals surface area (Å²) in [6.07, 6.45) is 3.30. The molecule has 0 saturated carbocycles. The fourth-order valence-electron chi connectivity index (χ4n) is 2.09. The predicted molar refractivity (Wildman–Crippen MR) is 96.6 cm³/mol. The average Bonchev–Trinajstić information content (AvgIpc) is 2.43. The Hall–Kier alpha value is -2.20. The van der Waals surface area contributed by atoms with Crippen molar-refractivity contribution in [3.05, 3.63) is 54.1 Å². The number of rotatable bonds is 2. The van der Waals surface area contributed by atoms with Gasteiger partial charge >= 0.3 is 0 Å². The van der Waals surface area contributed by atoms with Crippen LogP contribution in [0.5, 0.6) is 0 Å². The molecule has 0 fully saturated rings. The maximum atomic E-state index is 11.9. The zero-order valence-electron chi connectivity index (χ0n) is 13.0. The molecule has 0 unspecified atom stereocenters. The lowest BCUT2D eigenvalue weighted by Crippen LogP contribution is -2.47. The number of amides is 1. The molecule has 22 heavy (non-hydrogen) atoms. The standard InChI is InChI=1S/C18H20N2OS/c1-18(2,3)20-17(22)19-16(21)12-11-14-9-6-8-13-7-4-5-10-15(13)14/h4-12H,1-3H3,(H2,19,20,21,22)/b12-11+. The second-order valence-electron chi connectivity index (χ2n) is 6.10. The van der Waals surface area contributed by atoms with Crippen molar-refractivity contribution in [2.45, 2.75) is 26.3 Å². The van der Waals surface area contributed by atoms with E-state index in [2.05, 4.69) is 22.8 Å². The topological polar surface area (TPSA) is 41.1 Å². The molecule has 0 bridgehead atoms. The van der Waals surface area contributed by atoms with Gasteiger partial charge in [0.2, 0.25) is 5.91 Å². The van der Waals surface area contributed by atoms with Crippen LogP contribution in [0.2, 0.25) is 0 Å². The van der Waals surface area contributed by atoms with Crippen molar-refractivity contribution in [3.63, 3.8) is 0 Å². The Balaban J connectivity index is 2.07. The summed E-state index contributed by atoms with van der Waals surface area (Å²) >= 11 is 5.11. The van der Waals surface area contributed by atoms with Crippen LogP contribution in [0.3, 0.4) is 0 Å². The molecule has 0 aliphatic carbocycles. The Morgan fingerprint density at radius 2 is 1.77 bits per heavy atom. The van der Waals surface area contributed by atoms with E-state index < -0.39 is 0 Å². The van der Waals surface area contributed by atoms with Crippen LogP contribution in [-0.2, 0) is 4.79 Å². The Labute approximate surface area is 136 Å². The van der Waals surface area contributed by atoms with E-state index in [1.54, 1.807) is 6.08 Å². The van der Waals surface area contributed by atoms with Gasteiger partial charge in [-0.1, -0.05) is 42.5 Å². The number of carbonyl (C=O) groups is 1. The first-order chi connectivity index (χ1) is 10.3. The van der Waals surface area contributed by atoms with E-state index in [0.29, 0.717) is 5.11 Å². The number of hydrogen-bond acceptors (Lipinski definition) is 2. The van der Waals surface area contributed by atoms with Gasteiger partial charge in [0.15, 0.2) is 5.11 Å². The van der Waals surface area contributed by atoms with Crippen molar-refractivity contribution in [2.24, 2.45) is 0 Å². The van der Waals surface area contributed by atoms with Crippen LogP contribution in [0.25, 0.3) is 16.8 Å². The Morgan fingerprint density at radius 1 is 1.09 bits per heavy atom. The van der Waals surface area contributed by atoms with Crippen molar-refractivity contribution in [1.29, 1.82) is 0 Å². The number of hydrogen-bond donors (Lipinski definition) is 2. The summed E-state index contributed by atoms with van der Waals surface area (Å²) in [7, 11) is 0. The predicted octanol–water partition coefficient (Wildman–Crippen LogP) is 3.64. The summed E-state index contributed by atoms with van der Waals surface area (Å²) in [5.41, 5.74) is 0.826. The molecule has 0 spiro atoms. The van der Waals surface area contributed by atoms with E-state index in [1.165, 1.54) is 6.08 Å². The zero-order chi connectivity index (χ0) is 16.2. The molecule has 0 aliphatic heterocycles. The number of thiocarbonyl (C=S) groups is 1. The molecule has 0 radical (unpaired) electrons. The van der Waals surface area contributed by atoms with E-state index in [1.807, 2.05) is 51.1 Å². The summed E-state index contributed by atoms with van der Waals surface area (Å²) in [4.78, 5) is 11.9. The van der Waals surface area contributed by atoms with Gasteiger partial charge in [0, 0.05) is 11.6 Å². The van der Waals surface area contributed by atoms with E-state index in [4.69, 9.17) is 12.2 Å². The lowest BCUT2D eigenvalue weighted by Gasteiger charge is -2.22. The zero-order valence-corrected chi connectivity index (χ0v) is 13.8. The largest absolute Gasteiger partial charge is 0.358 e. The molecule has 2 rings (SSSR count). The van der Waals surface area contributed by atoms with Gasteiger partial charge in [-0.2, -0.15) is 0 Å². The van der Waals surface area contributed by atoms with Gasteiger partial charge in [0.1, 0.15) is 0 Å². The van der Waals surface area contributed by atoms with Gasteiger partial charge in [0.05, 0.1) is 0 Å². The maximum Gasteiger partial charge on any atom is 0.250 e. The summed E-state index contributed by atoms with van der Waals surface area (Å²) in [5, 5.41) is 8.29. The van der Waals surface area contributed by atoms with Crippen LogP contribution in [0, 0.1) is 0 Å². The van der Waals surface area contributed by atoms with Crippen molar-refractivity contribution in [1.82, 2.24) is 10.6 Å². The lowest BCUT2D eigenvalue weighted by atomic mass is 10.0. The van der Waals surface area contributed by atoms with Crippen LogP contribution in [0.15, 0.2) is 48.5 Å². The Kier molecular flexibility index (Phi) is 4.93. The molecule has 2 aromatic carbocycles. The highest BCUT2D eigenvalue weighted by Crippen LogP contribution is 2.19. The van der Waals surface area contributed by atoms with Crippen LogP contribution in [-0.4, -0.2) is 16.6 Å². The molecule has 2 aromatic rings. The summed E-state index contributed by atoms with van der Waals surface area (Å²) in [6, 6.07) is 14.1. The molecule has 0 atom stereocenters. The maximum absolute atomic E-state index is 11.9. The minimum absolute atomic E-state index is 0.177. The lowest BCUT2D eigenvalue weighted by molar-refractivity contribution is -0.115. The van der Waals surface area contributed by atoms with Gasteiger partial charge in [-0.3, -0.25) is 10.1 Å².